The quantitative estimate of drug-likeness (QED) is 0.109. The number of pyridine rings is 1. The lowest BCUT2D eigenvalue weighted by Gasteiger charge is -2.22. The number of nitrogens with zero attached hydrogens (tertiary/aromatic N) is 3. The van der Waals surface area contributed by atoms with Crippen LogP contribution >= 0.6 is 0 Å². The number of anilines is 1. The van der Waals surface area contributed by atoms with Crippen LogP contribution in [0.4, 0.5) is 10.6 Å². The first-order valence-electron chi connectivity index (χ1n) is 16.8. The monoisotopic (exact) mass is 672 g/mol. The zero-order valence-corrected chi connectivity index (χ0v) is 28.8. The number of alkyl carbamates (subject to hydrolysis) is 1. The highest BCUT2D eigenvalue weighted by Gasteiger charge is 2.24. The molecule has 0 saturated heterocycles. The van der Waals surface area contributed by atoms with Crippen LogP contribution in [0.1, 0.15) is 83.2 Å². The Kier molecular flexibility index (Phi) is 12.5. The molecule has 7 N–H and O–H groups in total. The lowest BCUT2D eigenvalue weighted by atomic mass is 10.1. The summed E-state index contributed by atoms with van der Waals surface area (Å²) < 4.78 is 7.50. The van der Waals surface area contributed by atoms with E-state index in [4.69, 9.17) is 21.2 Å². The van der Waals surface area contributed by atoms with E-state index in [0.29, 0.717) is 30.7 Å². The van der Waals surface area contributed by atoms with Crippen molar-refractivity contribution in [3.8, 4) is 0 Å². The second kappa shape index (κ2) is 16.8. The number of hydrogen-bond acceptors (Lipinski definition) is 8. The Morgan fingerprint density at radius 1 is 0.918 bits per heavy atom. The van der Waals surface area contributed by atoms with Gasteiger partial charge in [-0.1, -0.05) is 55.8 Å². The van der Waals surface area contributed by atoms with Gasteiger partial charge in [0.15, 0.2) is 5.82 Å². The Bertz CT molecular complexity index is 1780. The van der Waals surface area contributed by atoms with Crippen molar-refractivity contribution >= 4 is 51.6 Å². The molecule has 4 amide bonds. The average molecular weight is 673 g/mol. The topological polar surface area (TPSA) is 196 Å². The van der Waals surface area contributed by atoms with Crippen LogP contribution in [0.25, 0.3) is 21.9 Å². The summed E-state index contributed by atoms with van der Waals surface area (Å²) in [6, 6.07) is 14.8. The standard InChI is InChI=1S/C36H48N8O5/c1-5-6-14-29-43-31-32(25-11-7-8-12-26(25)42-33(31)38)44(29)22-24-18-16-23(17-19-24)20-39-34(47)27(21-40-35(48)49-36(2,3)4)41-30(46)15-10-9-13-28(37)45/h7-8,11-12,16-19,27H,5-6,9-10,13-15,20-22H2,1-4H3,(H2,37,45)(H2,38,42)(H,39,47)(H,40,48)(H,41,46)/t27-/m0/s1. The third-order valence-electron chi connectivity index (χ3n) is 7.85. The van der Waals surface area contributed by atoms with Gasteiger partial charge in [0.25, 0.3) is 0 Å². The van der Waals surface area contributed by atoms with E-state index in [0.717, 1.165) is 52.6 Å². The molecule has 0 radical (unpaired) electrons. The Labute approximate surface area is 286 Å². The number of carbonyl (C=O) groups is 4. The molecule has 0 saturated carbocycles. The van der Waals surface area contributed by atoms with Gasteiger partial charge in [0.1, 0.15) is 23.0 Å². The van der Waals surface area contributed by atoms with E-state index in [1.54, 1.807) is 20.8 Å². The fraction of sp³-hybridized carbons (Fsp3) is 0.444. The number of benzene rings is 2. The third-order valence-corrected chi connectivity index (χ3v) is 7.85. The van der Waals surface area contributed by atoms with Crippen LogP contribution in [0.15, 0.2) is 48.5 Å². The summed E-state index contributed by atoms with van der Waals surface area (Å²) >= 11 is 0. The van der Waals surface area contributed by atoms with Crippen molar-refractivity contribution in [1.29, 1.82) is 0 Å². The molecule has 0 aliphatic carbocycles. The number of nitrogens with two attached hydrogens (primary N) is 2. The van der Waals surface area contributed by atoms with Gasteiger partial charge in [-0.2, -0.15) is 0 Å². The van der Waals surface area contributed by atoms with Gasteiger partial charge in [-0.05, 0) is 57.2 Å². The first-order chi connectivity index (χ1) is 23.3. The maximum Gasteiger partial charge on any atom is 0.407 e. The molecule has 1 atom stereocenters. The number of amides is 4. The Balaban J connectivity index is 1.44. The highest BCUT2D eigenvalue weighted by atomic mass is 16.6. The fourth-order valence-electron chi connectivity index (χ4n) is 5.42. The SMILES string of the molecule is CCCCc1nc2c(N)nc3ccccc3c2n1Cc1ccc(CNC(=O)[C@H](CNC(=O)OC(C)(C)C)NC(=O)CCCCC(N)=O)cc1. The van der Waals surface area contributed by atoms with Gasteiger partial charge < -0.3 is 36.7 Å². The van der Waals surface area contributed by atoms with Crippen LogP contribution in [0.2, 0.25) is 0 Å². The molecule has 13 nitrogen and oxygen atoms in total. The average Bonchev–Trinajstić information content (AvgIpc) is 3.41. The second-order valence-corrected chi connectivity index (χ2v) is 13.1. The van der Waals surface area contributed by atoms with Gasteiger partial charge in [0.2, 0.25) is 17.7 Å². The summed E-state index contributed by atoms with van der Waals surface area (Å²) in [6.45, 7) is 7.97. The van der Waals surface area contributed by atoms with Gasteiger partial charge in [-0.15, -0.1) is 0 Å². The summed E-state index contributed by atoms with van der Waals surface area (Å²) in [5.74, 6) is 0.0921. The number of rotatable bonds is 16. The molecule has 13 heteroatoms. The normalized spacial score (nSPS) is 12.1. The molecule has 0 bridgehead atoms. The highest BCUT2D eigenvalue weighted by Crippen LogP contribution is 2.30. The lowest BCUT2D eigenvalue weighted by Crippen LogP contribution is -2.52. The van der Waals surface area contributed by atoms with Crippen molar-refractivity contribution in [2.24, 2.45) is 5.73 Å². The minimum absolute atomic E-state index is 0.107. The minimum Gasteiger partial charge on any atom is -0.444 e. The molecular formula is C36H48N8O5. The molecular weight excluding hydrogens is 624 g/mol. The molecule has 49 heavy (non-hydrogen) atoms. The largest absolute Gasteiger partial charge is 0.444 e. The number of unbranched alkanes of at least 4 members (excludes halogenated alkanes) is 2. The number of imidazole rings is 1. The van der Waals surface area contributed by atoms with Crippen LogP contribution < -0.4 is 27.4 Å². The van der Waals surface area contributed by atoms with Crippen molar-refractivity contribution < 1.29 is 23.9 Å². The second-order valence-electron chi connectivity index (χ2n) is 13.1. The van der Waals surface area contributed by atoms with Crippen molar-refractivity contribution in [2.75, 3.05) is 12.3 Å². The van der Waals surface area contributed by atoms with Crippen molar-refractivity contribution in [3.05, 3.63) is 65.5 Å². The summed E-state index contributed by atoms with van der Waals surface area (Å²) in [4.78, 5) is 58.6. The van der Waals surface area contributed by atoms with E-state index in [-0.39, 0.29) is 31.8 Å². The number of nitrogens with one attached hydrogen (secondary N) is 3. The molecule has 0 aliphatic rings. The van der Waals surface area contributed by atoms with E-state index in [9.17, 15) is 19.2 Å². The predicted octanol–water partition coefficient (Wildman–Crippen LogP) is 4.23. The van der Waals surface area contributed by atoms with Crippen molar-refractivity contribution in [3.63, 3.8) is 0 Å². The van der Waals surface area contributed by atoms with Gasteiger partial charge in [-0.25, -0.2) is 14.8 Å². The number of nitrogen functional groups attached to an aromatic ring is 1. The summed E-state index contributed by atoms with van der Waals surface area (Å²) in [6.07, 6.45) is 3.33. The summed E-state index contributed by atoms with van der Waals surface area (Å²) in [5.41, 5.74) is 15.2. The molecule has 4 rings (SSSR count). The van der Waals surface area contributed by atoms with Gasteiger partial charge >= 0.3 is 6.09 Å². The zero-order valence-electron chi connectivity index (χ0n) is 28.8. The molecule has 2 aromatic carbocycles. The van der Waals surface area contributed by atoms with E-state index < -0.39 is 29.6 Å². The van der Waals surface area contributed by atoms with Crippen LogP contribution in [-0.4, -0.2) is 56.5 Å². The lowest BCUT2D eigenvalue weighted by molar-refractivity contribution is -0.129. The number of ether oxygens (including phenoxy) is 1. The van der Waals surface area contributed by atoms with E-state index >= 15 is 0 Å². The number of aromatic nitrogens is 3. The van der Waals surface area contributed by atoms with E-state index in [1.807, 2.05) is 48.5 Å². The minimum atomic E-state index is -1.04. The fourth-order valence-corrected chi connectivity index (χ4v) is 5.42. The Morgan fingerprint density at radius 2 is 1.61 bits per heavy atom. The number of fused-ring (bicyclic) bond motifs is 3. The van der Waals surface area contributed by atoms with Crippen LogP contribution in [0.3, 0.4) is 0 Å². The van der Waals surface area contributed by atoms with Crippen LogP contribution in [0, 0.1) is 0 Å². The number of para-hydroxylation sites is 1. The molecule has 2 heterocycles. The maximum absolute atomic E-state index is 13.2. The molecule has 2 aromatic heterocycles. The highest BCUT2D eigenvalue weighted by molar-refractivity contribution is 6.06. The smallest absolute Gasteiger partial charge is 0.407 e. The number of carbonyl (C=O) groups excluding carboxylic acids is 4. The first kappa shape index (κ1) is 36.6. The summed E-state index contributed by atoms with van der Waals surface area (Å²) in [7, 11) is 0. The van der Waals surface area contributed by atoms with E-state index in [1.165, 1.54) is 0 Å². The number of hydrogen-bond donors (Lipinski definition) is 5. The number of aryl methyl sites for hydroxylation is 1. The predicted molar refractivity (Wildman–Crippen MR) is 189 cm³/mol. The van der Waals surface area contributed by atoms with Gasteiger partial charge in [0.05, 0.1) is 17.6 Å². The van der Waals surface area contributed by atoms with Gasteiger partial charge in [0, 0.05) is 37.7 Å². The molecule has 0 unspecified atom stereocenters. The summed E-state index contributed by atoms with van der Waals surface area (Å²) in [5, 5.41) is 9.10. The van der Waals surface area contributed by atoms with Crippen molar-refractivity contribution in [2.45, 2.75) is 97.4 Å². The third kappa shape index (κ3) is 10.6. The molecule has 0 aliphatic heterocycles. The van der Waals surface area contributed by atoms with Gasteiger partial charge in [-0.3, -0.25) is 14.4 Å². The first-order valence-corrected chi connectivity index (χ1v) is 16.8. The Morgan fingerprint density at radius 3 is 2.31 bits per heavy atom. The van der Waals surface area contributed by atoms with E-state index in [2.05, 4.69) is 32.4 Å². The Hall–Kier alpha value is -5.20. The number of primary amides is 1. The molecule has 262 valence electrons. The molecule has 0 spiro atoms. The maximum atomic E-state index is 13.2. The molecule has 0 fully saturated rings. The van der Waals surface area contributed by atoms with Crippen LogP contribution in [-0.2, 0) is 38.6 Å². The zero-order chi connectivity index (χ0) is 35.6. The van der Waals surface area contributed by atoms with Crippen LogP contribution in [0.5, 0.6) is 0 Å². The molecule has 4 aromatic rings. The van der Waals surface area contributed by atoms with Crippen molar-refractivity contribution in [1.82, 2.24) is 30.5 Å².